The number of ketones is 2. The summed E-state index contributed by atoms with van der Waals surface area (Å²) in [7, 11) is 0. The van der Waals surface area contributed by atoms with Crippen LogP contribution in [0.15, 0.2) is 78.9 Å². The summed E-state index contributed by atoms with van der Waals surface area (Å²) < 4.78 is 0. The lowest BCUT2D eigenvalue weighted by atomic mass is 10.1. The predicted molar refractivity (Wildman–Crippen MR) is 110 cm³/mol. The molecule has 0 aliphatic rings. The van der Waals surface area contributed by atoms with Crippen LogP contribution in [0.2, 0.25) is 10.0 Å². The minimum Gasteiger partial charge on any atom is -0.356 e. The fourth-order valence-electron chi connectivity index (χ4n) is 2.68. The Balaban J connectivity index is 1.81. The Morgan fingerprint density at radius 1 is 0.630 bits per heavy atom. The van der Waals surface area contributed by atoms with Crippen molar-refractivity contribution < 1.29 is 9.59 Å². The lowest BCUT2D eigenvalue weighted by molar-refractivity contribution is 0.0984. The first-order valence-corrected chi connectivity index (χ1v) is 9.16. The second-order valence-corrected chi connectivity index (χ2v) is 6.92. The molecule has 0 aromatic heterocycles. The molecule has 0 spiro atoms. The SMILES string of the molecule is O=C(CN(CC(=O)c1ccc(Cl)cc1)c1ccccc1)c1ccc(Cl)cc1. The van der Waals surface area contributed by atoms with Crippen LogP contribution >= 0.6 is 23.2 Å². The van der Waals surface area contributed by atoms with Crippen molar-refractivity contribution in [1.29, 1.82) is 0 Å². The molecule has 3 nitrogen and oxygen atoms in total. The molecule has 3 aromatic rings. The number of hydrogen-bond donors (Lipinski definition) is 0. The molecule has 0 saturated carbocycles. The molecule has 5 heteroatoms. The molecule has 0 aliphatic carbocycles. The smallest absolute Gasteiger partial charge is 0.182 e. The van der Waals surface area contributed by atoms with E-state index in [1.807, 2.05) is 30.3 Å². The molecule has 3 aromatic carbocycles. The standard InChI is InChI=1S/C22H17Cl2NO2/c23-18-10-6-16(7-11-18)21(26)14-25(20-4-2-1-3-5-20)15-22(27)17-8-12-19(24)13-9-17/h1-13H,14-15H2. The number of rotatable bonds is 7. The Kier molecular flexibility index (Phi) is 6.28. The summed E-state index contributed by atoms with van der Waals surface area (Å²) in [5.41, 5.74) is 1.92. The normalized spacial score (nSPS) is 10.4. The zero-order chi connectivity index (χ0) is 19.2. The van der Waals surface area contributed by atoms with Gasteiger partial charge in [-0.25, -0.2) is 0 Å². The van der Waals surface area contributed by atoms with Crippen LogP contribution in [0.1, 0.15) is 20.7 Å². The van der Waals surface area contributed by atoms with Crippen LogP contribution < -0.4 is 4.90 Å². The zero-order valence-corrected chi connectivity index (χ0v) is 16.0. The van der Waals surface area contributed by atoms with Crippen molar-refractivity contribution in [2.45, 2.75) is 0 Å². The van der Waals surface area contributed by atoms with Crippen molar-refractivity contribution >= 4 is 40.5 Å². The summed E-state index contributed by atoms with van der Waals surface area (Å²) in [6.07, 6.45) is 0. The van der Waals surface area contributed by atoms with E-state index in [4.69, 9.17) is 23.2 Å². The monoisotopic (exact) mass is 397 g/mol. The Labute approximate surface area is 168 Å². The first kappa shape index (κ1) is 19.2. The van der Waals surface area contributed by atoms with Crippen LogP contribution in [0.5, 0.6) is 0 Å². The molecular formula is C22H17Cl2NO2. The summed E-state index contributed by atoms with van der Waals surface area (Å²) in [6.45, 7) is 0.177. The molecular weight excluding hydrogens is 381 g/mol. The molecule has 0 atom stereocenters. The average Bonchev–Trinajstić information content (AvgIpc) is 2.69. The lowest BCUT2D eigenvalue weighted by Crippen LogP contribution is -2.34. The van der Waals surface area contributed by atoms with Crippen LogP contribution in [0.3, 0.4) is 0 Å². The summed E-state index contributed by atoms with van der Waals surface area (Å²) in [5, 5.41) is 1.15. The molecule has 3 rings (SSSR count). The van der Waals surface area contributed by atoms with Gasteiger partial charge < -0.3 is 4.90 Å². The third kappa shape index (κ3) is 5.19. The maximum atomic E-state index is 12.7. The summed E-state index contributed by atoms with van der Waals surface area (Å²) in [5.74, 6) is -0.168. The van der Waals surface area contributed by atoms with Crippen molar-refractivity contribution in [3.05, 3.63) is 100 Å². The maximum Gasteiger partial charge on any atom is 0.182 e. The van der Waals surface area contributed by atoms with Gasteiger partial charge in [-0.1, -0.05) is 41.4 Å². The van der Waals surface area contributed by atoms with E-state index in [1.54, 1.807) is 53.4 Å². The lowest BCUT2D eigenvalue weighted by Gasteiger charge is -2.23. The average molecular weight is 398 g/mol. The van der Waals surface area contributed by atoms with E-state index in [1.165, 1.54) is 0 Å². The van der Waals surface area contributed by atoms with Crippen LogP contribution in [-0.2, 0) is 0 Å². The second kappa shape index (κ2) is 8.85. The van der Waals surface area contributed by atoms with E-state index in [2.05, 4.69) is 0 Å². The van der Waals surface area contributed by atoms with Crippen LogP contribution in [0.25, 0.3) is 0 Å². The van der Waals surface area contributed by atoms with Crippen LogP contribution in [0, 0.1) is 0 Å². The molecule has 0 saturated heterocycles. The molecule has 27 heavy (non-hydrogen) atoms. The number of anilines is 1. The minimum absolute atomic E-state index is 0.0839. The summed E-state index contributed by atoms with van der Waals surface area (Å²) >= 11 is 11.8. The van der Waals surface area contributed by atoms with Gasteiger partial charge in [-0.2, -0.15) is 0 Å². The van der Waals surface area contributed by atoms with E-state index >= 15 is 0 Å². The zero-order valence-electron chi connectivity index (χ0n) is 14.4. The molecule has 0 amide bonds. The van der Waals surface area contributed by atoms with Gasteiger partial charge in [0.1, 0.15) is 0 Å². The number of nitrogens with zero attached hydrogens (tertiary/aromatic N) is 1. The van der Waals surface area contributed by atoms with Gasteiger partial charge in [-0.15, -0.1) is 0 Å². The summed E-state index contributed by atoms with van der Waals surface area (Å²) in [4.78, 5) is 27.1. The molecule has 0 aliphatic heterocycles. The van der Waals surface area contributed by atoms with Crippen LogP contribution in [0.4, 0.5) is 5.69 Å². The predicted octanol–water partition coefficient (Wildman–Crippen LogP) is 5.57. The van der Waals surface area contributed by atoms with Gasteiger partial charge in [0.25, 0.3) is 0 Å². The third-order valence-corrected chi connectivity index (χ3v) is 4.63. The second-order valence-electron chi connectivity index (χ2n) is 6.05. The van der Waals surface area contributed by atoms with Gasteiger partial charge in [0.05, 0.1) is 13.1 Å². The number of carbonyl (C=O) groups is 2. The first-order valence-electron chi connectivity index (χ1n) is 8.40. The highest BCUT2D eigenvalue weighted by atomic mass is 35.5. The number of Topliss-reactive ketones (excluding diaryl/α,β-unsaturated/α-hetero) is 2. The Hall–Kier alpha value is -2.62. The van der Waals surface area contributed by atoms with Gasteiger partial charge in [-0.3, -0.25) is 9.59 Å². The van der Waals surface area contributed by atoms with Crippen molar-refractivity contribution in [2.24, 2.45) is 0 Å². The van der Waals surface area contributed by atoms with Gasteiger partial charge >= 0.3 is 0 Å². The van der Waals surface area contributed by atoms with E-state index < -0.39 is 0 Å². The number of para-hydroxylation sites is 1. The van der Waals surface area contributed by atoms with Crippen LogP contribution in [-0.4, -0.2) is 24.7 Å². The molecule has 136 valence electrons. The third-order valence-electron chi connectivity index (χ3n) is 4.12. The fourth-order valence-corrected chi connectivity index (χ4v) is 2.93. The van der Waals surface area contributed by atoms with Crippen molar-refractivity contribution in [3.8, 4) is 0 Å². The topological polar surface area (TPSA) is 37.4 Å². The van der Waals surface area contributed by atoms with E-state index in [-0.39, 0.29) is 24.7 Å². The van der Waals surface area contributed by atoms with Crippen molar-refractivity contribution in [2.75, 3.05) is 18.0 Å². The highest BCUT2D eigenvalue weighted by molar-refractivity contribution is 6.31. The minimum atomic E-state index is -0.0839. The molecule has 0 fully saturated rings. The highest BCUT2D eigenvalue weighted by Crippen LogP contribution is 2.17. The molecule has 0 N–H and O–H groups in total. The number of hydrogen-bond acceptors (Lipinski definition) is 3. The molecule has 0 bridgehead atoms. The van der Waals surface area contributed by atoms with E-state index in [0.717, 1.165) is 5.69 Å². The number of halogens is 2. The number of benzene rings is 3. The van der Waals surface area contributed by atoms with Gasteiger partial charge in [0.2, 0.25) is 0 Å². The molecule has 0 heterocycles. The van der Waals surface area contributed by atoms with Gasteiger partial charge in [-0.05, 0) is 60.7 Å². The molecule has 0 unspecified atom stereocenters. The van der Waals surface area contributed by atoms with E-state index in [9.17, 15) is 9.59 Å². The quantitative estimate of drug-likeness (QED) is 0.489. The van der Waals surface area contributed by atoms with Gasteiger partial charge in [0.15, 0.2) is 11.6 Å². The van der Waals surface area contributed by atoms with Gasteiger partial charge in [0, 0.05) is 26.9 Å². The largest absolute Gasteiger partial charge is 0.356 e. The highest BCUT2D eigenvalue weighted by Gasteiger charge is 2.17. The summed E-state index contributed by atoms with van der Waals surface area (Å²) in [6, 6.07) is 22.9. The maximum absolute atomic E-state index is 12.7. The number of carbonyl (C=O) groups excluding carboxylic acids is 2. The Bertz CT molecular complexity index is 863. The first-order chi connectivity index (χ1) is 13.0. The molecule has 0 radical (unpaired) electrons. The van der Waals surface area contributed by atoms with E-state index in [0.29, 0.717) is 21.2 Å². The van der Waals surface area contributed by atoms with Crippen molar-refractivity contribution in [3.63, 3.8) is 0 Å². The fraction of sp³-hybridized carbons (Fsp3) is 0.0909. The Morgan fingerprint density at radius 2 is 1.04 bits per heavy atom. The Morgan fingerprint density at radius 3 is 1.44 bits per heavy atom. The van der Waals surface area contributed by atoms with Crippen molar-refractivity contribution in [1.82, 2.24) is 0 Å².